The molecule has 1 heterocycles. The number of morpholine rings is 1. The molecule has 2 aromatic carbocycles. The molecule has 0 N–H and O–H groups in total. The third-order valence-corrected chi connectivity index (χ3v) is 7.31. The van der Waals surface area contributed by atoms with Crippen LogP contribution < -0.4 is 0 Å². The van der Waals surface area contributed by atoms with Crippen LogP contribution in [0.2, 0.25) is 10.0 Å². The number of hydrogen-bond donors (Lipinski definition) is 0. The average molecular weight is 471 g/mol. The van der Waals surface area contributed by atoms with E-state index in [1.807, 2.05) is 44.2 Å². The number of halogens is 2. The van der Waals surface area contributed by atoms with Gasteiger partial charge in [0.1, 0.15) is 4.90 Å². The zero-order valence-electron chi connectivity index (χ0n) is 16.8. The zero-order valence-corrected chi connectivity index (χ0v) is 19.1. The summed E-state index contributed by atoms with van der Waals surface area (Å²) < 4.78 is 33.7. The summed E-state index contributed by atoms with van der Waals surface area (Å²) in [6.45, 7) is 4.34. The molecule has 0 saturated carbocycles. The Hall–Kier alpha value is -1.64. The van der Waals surface area contributed by atoms with E-state index in [1.54, 1.807) is 4.90 Å². The lowest BCUT2D eigenvalue weighted by Gasteiger charge is -2.36. The first-order chi connectivity index (χ1) is 14.2. The van der Waals surface area contributed by atoms with Crippen molar-refractivity contribution >= 4 is 39.1 Å². The third kappa shape index (κ3) is 5.53. The van der Waals surface area contributed by atoms with Crippen molar-refractivity contribution < 1.29 is 17.9 Å². The average Bonchev–Trinajstić information content (AvgIpc) is 2.69. The minimum absolute atomic E-state index is 0.0349. The van der Waals surface area contributed by atoms with Crippen LogP contribution in [0.1, 0.15) is 19.4 Å². The summed E-state index contributed by atoms with van der Waals surface area (Å²) in [5.74, 6) is -0.283. The Bertz CT molecular complexity index is 991. The first-order valence-corrected chi connectivity index (χ1v) is 11.8. The monoisotopic (exact) mass is 470 g/mol. The van der Waals surface area contributed by atoms with Gasteiger partial charge in [-0.1, -0.05) is 53.5 Å². The summed E-state index contributed by atoms with van der Waals surface area (Å²) in [5, 5.41) is 0.304. The van der Waals surface area contributed by atoms with Gasteiger partial charge in [-0.05, 0) is 37.6 Å². The maximum absolute atomic E-state index is 13.4. The normalized spacial score (nSPS) is 19.8. The molecule has 0 aliphatic carbocycles. The van der Waals surface area contributed by atoms with E-state index in [4.69, 9.17) is 27.9 Å². The number of sulfonamides is 1. The lowest BCUT2D eigenvalue weighted by Crippen LogP contribution is -2.51. The Balaban J connectivity index is 1.92. The molecule has 0 aromatic heterocycles. The number of rotatable bonds is 6. The van der Waals surface area contributed by atoms with Crippen molar-refractivity contribution in [3.05, 3.63) is 64.1 Å². The molecule has 1 amide bonds. The molecule has 0 unspecified atom stereocenters. The molecule has 1 saturated heterocycles. The largest absolute Gasteiger partial charge is 0.372 e. The number of benzene rings is 2. The minimum atomic E-state index is -4.08. The Morgan fingerprint density at radius 1 is 1.10 bits per heavy atom. The van der Waals surface area contributed by atoms with Crippen molar-refractivity contribution in [3.8, 4) is 0 Å². The lowest BCUT2D eigenvalue weighted by atomic mass is 10.2. The van der Waals surface area contributed by atoms with Crippen molar-refractivity contribution in [2.24, 2.45) is 0 Å². The number of carbonyl (C=O) groups is 1. The maximum Gasteiger partial charge on any atom is 0.245 e. The first kappa shape index (κ1) is 23.0. The highest BCUT2D eigenvalue weighted by Crippen LogP contribution is 2.29. The van der Waals surface area contributed by atoms with E-state index < -0.39 is 10.0 Å². The standard InChI is InChI=1S/C21H24Cl2N2O4S/c1-15-11-24(12-16(2)29-15)21(26)14-25(13-17-6-4-3-5-7-17)30(27,28)20-10-18(22)8-9-19(20)23/h3-10,15-16H,11-14H2,1-2H3/t15-,16-/m1/s1. The van der Waals surface area contributed by atoms with Crippen LogP contribution in [0.3, 0.4) is 0 Å². The number of amides is 1. The van der Waals surface area contributed by atoms with Crippen molar-refractivity contribution in [2.75, 3.05) is 19.6 Å². The smallest absolute Gasteiger partial charge is 0.245 e. The molecule has 6 nitrogen and oxygen atoms in total. The van der Waals surface area contributed by atoms with Gasteiger partial charge in [0.2, 0.25) is 15.9 Å². The van der Waals surface area contributed by atoms with E-state index in [9.17, 15) is 13.2 Å². The molecule has 2 aromatic rings. The quantitative estimate of drug-likeness (QED) is 0.643. The highest BCUT2D eigenvalue weighted by molar-refractivity contribution is 7.89. The number of ether oxygens (including phenoxy) is 1. The van der Waals surface area contributed by atoms with Gasteiger partial charge in [-0.2, -0.15) is 4.31 Å². The van der Waals surface area contributed by atoms with Gasteiger partial charge >= 0.3 is 0 Å². The first-order valence-electron chi connectivity index (χ1n) is 9.59. The summed E-state index contributed by atoms with van der Waals surface area (Å²) in [6.07, 6.45) is -0.224. The molecular formula is C21H24Cl2N2O4S. The van der Waals surface area contributed by atoms with E-state index in [1.165, 1.54) is 18.2 Å². The second-order valence-electron chi connectivity index (χ2n) is 7.39. The Morgan fingerprint density at radius 3 is 2.37 bits per heavy atom. The molecule has 9 heteroatoms. The Labute approximate surface area is 187 Å². The molecule has 30 heavy (non-hydrogen) atoms. The summed E-state index contributed by atoms with van der Waals surface area (Å²) in [5.41, 5.74) is 0.760. The fourth-order valence-corrected chi connectivity index (χ4v) is 5.57. The van der Waals surface area contributed by atoms with Gasteiger partial charge in [0.05, 0.1) is 23.8 Å². The van der Waals surface area contributed by atoms with Crippen molar-refractivity contribution in [2.45, 2.75) is 37.5 Å². The molecular weight excluding hydrogens is 447 g/mol. The van der Waals surface area contributed by atoms with Crippen LogP contribution in [-0.4, -0.2) is 55.4 Å². The molecule has 0 radical (unpaired) electrons. The van der Waals surface area contributed by atoms with Gasteiger partial charge in [-0.25, -0.2) is 8.42 Å². The predicted molar refractivity (Wildman–Crippen MR) is 117 cm³/mol. The van der Waals surface area contributed by atoms with Crippen molar-refractivity contribution in [1.29, 1.82) is 0 Å². The van der Waals surface area contributed by atoms with E-state index in [-0.39, 0.29) is 46.1 Å². The van der Waals surface area contributed by atoms with Crippen LogP contribution >= 0.6 is 23.2 Å². The number of carbonyl (C=O) groups excluding carboxylic acids is 1. The predicted octanol–water partition coefficient (Wildman–Crippen LogP) is 3.82. The van der Waals surface area contributed by atoms with Gasteiger partial charge < -0.3 is 9.64 Å². The van der Waals surface area contributed by atoms with E-state index in [2.05, 4.69) is 0 Å². The third-order valence-electron chi connectivity index (χ3n) is 4.80. The van der Waals surface area contributed by atoms with Crippen molar-refractivity contribution in [1.82, 2.24) is 9.21 Å². The molecule has 1 fully saturated rings. The highest BCUT2D eigenvalue weighted by atomic mass is 35.5. The summed E-state index contributed by atoms with van der Waals surface area (Å²) in [7, 11) is -4.08. The fourth-order valence-electron chi connectivity index (χ4n) is 3.46. The SMILES string of the molecule is C[C@@H]1CN(C(=O)CN(Cc2ccccc2)S(=O)(=O)c2cc(Cl)ccc2Cl)C[C@@H](C)O1. The number of nitrogens with zero attached hydrogens (tertiary/aromatic N) is 2. The van der Waals surface area contributed by atoms with Crippen molar-refractivity contribution in [3.63, 3.8) is 0 Å². The van der Waals surface area contributed by atoms with Crippen LogP contribution in [0.5, 0.6) is 0 Å². The van der Waals surface area contributed by atoms with Gasteiger partial charge in [-0.3, -0.25) is 4.79 Å². The van der Waals surface area contributed by atoms with E-state index >= 15 is 0 Å². The summed E-state index contributed by atoms with van der Waals surface area (Å²) >= 11 is 12.2. The number of hydrogen-bond acceptors (Lipinski definition) is 4. The molecule has 3 rings (SSSR count). The van der Waals surface area contributed by atoms with E-state index in [0.29, 0.717) is 13.1 Å². The molecule has 0 bridgehead atoms. The van der Waals surface area contributed by atoms with Gasteiger partial charge in [0.15, 0.2) is 0 Å². The fraction of sp³-hybridized carbons (Fsp3) is 0.381. The van der Waals surface area contributed by atoms with Crippen LogP contribution in [0, 0.1) is 0 Å². The van der Waals surface area contributed by atoms with Gasteiger partial charge in [0, 0.05) is 24.7 Å². The molecule has 2 atom stereocenters. The molecule has 162 valence electrons. The second kappa shape index (κ2) is 9.66. The molecule has 1 aliphatic heterocycles. The Kier molecular flexibility index (Phi) is 7.42. The minimum Gasteiger partial charge on any atom is -0.372 e. The molecule has 1 aliphatic rings. The topological polar surface area (TPSA) is 66.9 Å². The van der Waals surface area contributed by atoms with Gasteiger partial charge in [-0.15, -0.1) is 0 Å². The van der Waals surface area contributed by atoms with Crippen LogP contribution in [-0.2, 0) is 26.1 Å². The molecule has 0 spiro atoms. The maximum atomic E-state index is 13.4. The zero-order chi connectivity index (χ0) is 21.9. The highest BCUT2D eigenvalue weighted by Gasteiger charge is 2.32. The summed E-state index contributed by atoms with van der Waals surface area (Å²) in [6, 6.07) is 13.4. The van der Waals surface area contributed by atoms with Gasteiger partial charge in [0.25, 0.3) is 0 Å². The van der Waals surface area contributed by atoms with Crippen LogP contribution in [0.4, 0.5) is 0 Å². The van der Waals surface area contributed by atoms with E-state index in [0.717, 1.165) is 9.87 Å². The van der Waals surface area contributed by atoms with Crippen LogP contribution in [0.15, 0.2) is 53.4 Å². The lowest BCUT2D eigenvalue weighted by molar-refractivity contribution is -0.143. The summed E-state index contributed by atoms with van der Waals surface area (Å²) in [4.78, 5) is 14.5. The second-order valence-corrected chi connectivity index (χ2v) is 10.1. The van der Waals surface area contributed by atoms with Crippen LogP contribution in [0.25, 0.3) is 0 Å². The Morgan fingerprint density at radius 2 is 1.73 bits per heavy atom.